The van der Waals surface area contributed by atoms with E-state index >= 15 is 0 Å². The van der Waals surface area contributed by atoms with E-state index in [0.29, 0.717) is 38.9 Å². The van der Waals surface area contributed by atoms with Gasteiger partial charge in [-0.05, 0) is 56.0 Å². The average Bonchev–Trinajstić information content (AvgIpc) is 3.39. The second-order valence-corrected chi connectivity index (χ2v) is 8.64. The lowest BCUT2D eigenvalue weighted by atomic mass is 9.93. The van der Waals surface area contributed by atoms with Gasteiger partial charge < -0.3 is 9.84 Å². The molecule has 0 aromatic carbocycles. The van der Waals surface area contributed by atoms with Gasteiger partial charge in [-0.25, -0.2) is 0 Å². The zero-order chi connectivity index (χ0) is 19.0. The molecule has 3 aromatic heterocycles. The highest BCUT2D eigenvalue weighted by Gasteiger charge is 2.29. The quantitative estimate of drug-likeness (QED) is 0.610. The Labute approximate surface area is 165 Å². The number of ketones is 1. The molecule has 0 spiro atoms. The van der Waals surface area contributed by atoms with Crippen molar-refractivity contribution in [1.82, 2.24) is 5.16 Å². The van der Waals surface area contributed by atoms with Crippen LogP contribution in [-0.2, 0) is 19.3 Å². The molecule has 1 N–H and O–H groups in total. The summed E-state index contributed by atoms with van der Waals surface area (Å²) in [6, 6.07) is 3.72. The minimum atomic E-state index is -0.260. The lowest BCUT2D eigenvalue weighted by Crippen LogP contribution is -2.16. The van der Waals surface area contributed by atoms with E-state index in [9.17, 15) is 9.59 Å². The third-order valence-corrected chi connectivity index (χ3v) is 6.94. The number of rotatable bonds is 5. The van der Waals surface area contributed by atoms with Crippen molar-refractivity contribution < 1.29 is 14.1 Å². The molecule has 0 saturated carbocycles. The maximum atomic E-state index is 13.2. The topological polar surface area (TPSA) is 72.2 Å². The van der Waals surface area contributed by atoms with E-state index in [4.69, 9.17) is 4.52 Å². The summed E-state index contributed by atoms with van der Waals surface area (Å²) in [6.07, 6.45) is 4.67. The fourth-order valence-corrected chi connectivity index (χ4v) is 5.49. The summed E-state index contributed by atoms with van der Waals surface area (Å²) >= 11 is 2.96. The van der Waals surface area contributed by atoms with Crippen LogP contribution < -0.4 is 5.32 Å². The summed E-state index contributed by atoms with van der Waals surface area (Å²) in [6.45, 7) is 3.67. The number of hydrogen-bond donors (Lipinski definition) is 1. The average molecular weight is 401 g/mol. The summed E-state index contributed by atoms with van der Waals surface area (Å²) in [7, 11) is 0. The van der Waals surface area contributed by atoms with Gasteiger partial charge in [0.25, 0.3) is 5.91 Å². The van der Waals surface area contributed by atoms with Crippen LogP contribution >= 0.6 is 22.7 Å². The normalized spacial score (nSPS) is 13.4. The largest absolute Gasteiger partial charge is 0.361 e. The molecule has 3 aromatic rings. The van der Waals surface area contributed by atoms with Crippen molar-refractivity contribution in [3.05, 3.63) is 55.4 Å². The predicted octanol–water partition coefficient (Wildman–Crippen LogP) is 5.03. The van der Waals surface area contributed by atoms with Gasteiger partial charge in [-0.15, -0.1) is 22.7 Å². The number of aromatic nitrogens is 1. The molecule has 1 aliphatic rings. The molecule has 4 rings (SSSR count). The smallest absolute Gasteiger partial charge is 0.261 e. The number of nitrogens with one attached hydrogen (secondary N) is 1. The van der Waals surface area contributed by atoms with Crippen LogP contribution in [0.2, 0.25) is 0 Å². The van der Waals surface area contributed by atoms with E-state index in [1.54, 1.807) is 6.92 Å². The lowest BCUT2D eigenvalue weighted by molar-refractivity contribution is 0.102. The van der Waals surface area contributed by atoms with Crippen LogP contribution in [-0.4, -0.2) is 16.8 Å². The van der Waals surface area contributed by atoms with Crippen molar-refractivity contribution in [3.63, 3.8) is 0 Å². The molecular formula is C20H20N2O3S2. The van der Waals surface area contributed by atoms with Gasteiger partial charge in [-0.1, -0.05) is 18.1 Å². The number of nitrogens with zero attached hydrogens (tertiary/aromatic N) is 1. The Morgan fingerprint density at radius 1 is 1.26 bits per heavy atom. The van der Waals surface area contributed by atoms with Crippen molar-refractivity contribution in [2.24, 2.45) is 0 Å². The van der Waals surface area contributed by atoms with Crippen LogP contribution in [0.1, 0.15) is 67.3 Å². The number of amides is 1. The number of carbonyl (C=O) groups excluding carboxylic acids is 2. The number of thiophene rings is 2. The van der Waals surface area contributed by atoms with Gasteiger partial charge in [-0.2, -0.15) is 0 Å². The third-order valence-electron chi connectivity index (χ3n) is 4.87. The van der Waals surface area contributed by atoms with Gasteiger partial charge in [0.05, 0.1) is 16.1 Å². The third kappa shape index (κ3) is 3.26. The molecule has 0 saturated heterocycles. The molecule has 0 radical (unpaired) electrons. The van der Waals surface area contributed by atoms with Gasteiger partial charge in [0.1, 0.15) is 16.3 Å². The van der Waals surface area contributed by atoms with Crippen molar-refractivity contribution in [2.45, 2.75) is 46.0 Å². The number of anilines is 1. The first-order valence-electron chi connectivity index (χ1n) is 9.09. The molecule has 0 unspecified atom stereocenters. The molecule has 5 nitrogen and oxygen atoms in total. The van der Waals surface area contributed by atoms with E-state index in [1.165, 1.54) is 27.6 Å². The minimum Gasteiger partial charge on any atom is -0.361 e. The van der Waals surface area contributed by atoms with Gasteiger partial charge >= 0.3 is 0 Å². The van der Waals surface area contributed by atoms with Gasteiger partial charge in [0.15, 0.2) is 0 Å². The maximum absolute atomic E-state index is 13.2. The molecule has 1 aliphatic carbocycles. The van der Waals surface area contributed by atoms with E-state index in [1.807, 2.05) is 24.4 Å². The Morgan fingerprint density at radius 3 is 2.81 bits per heavy atom. The van der Waals surface area contributed by atoms with Crippen molar-refractivity contribution >= 4 is 39.4 Å². The SMILES string of the molecule is CCc1noc(C)c1C(=O)Nc1sc2c(c1C(=O)c1cccs1)CCCC2. The second kappa shape index (κ2) is 7.40. The van der Waals surface area contributed by atoms with Gasteiger partial charge in [-0.3, -0.25) is 9.59 Å². The van der Waals surface area contributed by atoms with Crippen molar-refractivity contribution in [1.29, 1.82) is 0 Å². The Bertz CT molecular complexity index is 999. The highest BCUT2D eigenvalue weighted by atomic mass is 32.1. The molecule has 27 heavy (non-hydrogen) atoms. The molecule has 0 atom stereocenters. The number of fused-ring (bicyclic) bond motifs is 1. The molecule has 7 heteroatoms. The van der Waals surface area contributed by atoms with Crippen molar-refractivity contribution in [3.8, 4) is 0 Å². The van der Waals surface area contributed by atoms with Crippen LogP contribution in [0.4, 0.5) is 5.00 Å². The molecule has 1 amide bonds. The Morgan fingerprint density at radius 2 is 2.07 bits per heavy atom. The lowest BCUT2D eigenvalue weighted by Gasteiger charge is -2.12. The van der Waals surface area contributed by atoms with E-state index < -0.39 is 0 Å². The highest BCUT2D eigenvalue weighted by Crippen LogP contribution is 2.40. The maximum Gasteiger partial charge on any atom is 0.261 e. The summed E-state index contributed by atoms with van der Waals surface area (Å²) < 4.78 is 5.19. The summed E-state index contributed by atoms with van der Waals surface area (Å²) in [4.78, 5) is 28.0. The first kappa shape index (κ1) is 18.1. The summed E-state index contributed by atoms with van der Waals surface area (Å²) in [5.74, 6) is 0.235. The van der Waals surface area contributed by atoms with Crippen LogP contribution in [0.3, 0.4) is 0 Å². The van der Waals surface area contributed by atoms with Crippen LogP contribution in [0.25, 0.3) is 0 Å². The van der Waals surface area contributed by atoms with Crippen LogP contribution in [0.5, 0.6) is 0 Å². The Kier molecular flexibility index (Phi) is 4.97. The monoisotopic (exact) mass is 400 g/mol. The highest BCUT2D eigenvalue weighted by molar-refractivity contribution is 7.17. The molecular weight excluding hydrogens is 380 g/mol. The molecule has 0 bridgehead atoms. The molecule has 0 aliphatic heterocycles. The van der Waals surface area contributed by atoms with Crippen LogP contribution in [0.15, 0.2) is 22.0 Å². The first-order valence-corrected chi connectivity index (χ1v) is 10.8. The fourth-order valence-electron chi connectivity index (χ4n) is 3.54. The predicted molar refractivity (Wildman–Crippen MR) is 107 cm³/mol. The molecule has 140 valence electrons. The zero-order valence-corrected chi connectivity index (χ0v) is 16.9. The van der Waals surface area contributed by atoms with E-state index in [2.05, 4.69) is 10.5 Å². The minimum absolute atomic E-state index is 0.00236. The zero-order valence-electron chi connectivity index (χ0n) is 15.3. The standard InChI is InChI=1S/C20H20N2O3S2/c1-3-13-16(11(2)25-22-13)19(24)21-20-17(18(23)15-9-6-10-26-15)12-7-4-5-8-14(12)27-20/h6,9-10H,3-5,7-8H2,1-2H3,(H,21,24). The molecule has 0 fully saturated rings. The first-order chi connectivity index (χ1) is 13.1. The Hall–Kier alpha value is -2.25. The van der Waals surface area contributed by atoms with Crippen LogP contribution in [0, 0.1) is 6.92 Å². The van der Waals surface area contributed by atoms with Gasteiger partial charge in [0, 0.05) is 4.88 Å². The second-order valence-electron chi connectivity index (χ2n) is 6.59. The summed E-state index contributed by atoms with van der Waals surface area (Å²) in [5.41, 5.74) is 2.88. The van der Waals surface area contributed by atoms with Gasteiger partial charge in [0.2, 0.25) is 5.78 Å². The van der Waals surface area contributed by atoms with E-state index in [0.717, 1.165) is 31.2 Å². The van der Waals surface area contributed by atoms with Crippen molar-refractivity contribution in [2.75, 3.05) is 5.32 Å². The number of aryl methyl sites for hydroxylation is 3. The number of hydrogen-bond acceptors (Lipinski definition) is 6. The Balaban J connectivity index is 1.74. The molecule has 3 heterocycles. The van der Waals surface area contributed by atoms with E-state index in [-0.39, 0.29) is 11.7 Å². The number of carbonyl (C=O) groups is 2. The summed E-state index contributed by atoms with van der Waals surface area (Å²) in [5, 5.41) is 9.50. The fraction of sp³-hybridized carbons (Fsp3) is 0.350.